The minimum absolute atomic E-state index is 0.0249. The number of methoxy groups -OCH3 is 1. The van der Waals surface area contributed by atoms with Crippen LogP contribution in [0.15, 0.2) is 48.5 Å². The highest BCUT2D eigenvalue weighted by Crippen LogP contribution is 2.48. The fourth-order valence-electron chi connectivity index (χ4n) is 9.47. The zero-order chi connectivity index (χ0) is 36.0. The number of carbonyl (C=O) groups is 2. The van der Waals surface area contributed by atoms with E-state index in [1.807, 2.05) is 18.2 Å². The van der Waals surface area contributed by atoms with Crippen LogP contribution in [0, 0.1) is 5.92 Å². The maximum absolute atomic E-state index is 13.1. The molecule has 2 saturated heterocycles. The number of nitrogens with zero attached hydrogens (tertiary/aromatic N) is 3. The molecule has 2 bridgehead atoms. The maximum atomic E-state index is 13.1. The Morgan fingerprint density at radius 1 is 1.04 bits per heavy atom. The van der Waals surface area contributed by atoms with Crippen LogP contribution in [0.5, 0.6) is 0 Å². The largest absolute Gasteiger partial charge is 0.469 e. The summed E-state index contributed by atoms with van der Waals surface area (Å²) in [5.41, 5.74) is 7.60. The predicted molar refractivity (Wildman–Crippen MR) is 207 cm³/mol. The van der Waals surface area contributed by atoms with Crippen molar-refractivity contribution >= 4 is 46.8 Å². The second-order valence-corrected chi connectivity index (χ2v) is 16.5. The van der Waals surface area contributed by atoms with Crippen molar-refractivity contribution in [1.82, 2.24) is 14.8 Å². The van der Waals surface area contributed by atoms with E-state index in [-0.39, 0.29) is 35.2 Å². The Labute approximate surface area is 312 Å². The van der Waals surface area contributed by atoms with Crippen molar-refractivity contribution in [3.05, 3.63) is 97.0 Å². The van der Waals surface area contributed by atoms with Gasteiger partial charge in [0.05, 0.1) is 23.1 Å². The summed E-state index contributed by atoms with van der Waals surface area (Å²) < 4.78 is 7.81. The maximum Gasteiger partial charge on any atom is 0.310 e. The van der Waals surface area contributed by atoms with Crippen LogP contribution in [0.2, 0.25) is 10.0 Å². The average molecular weight is 731 g/mol. The number of nitrogens with one attached hydrogen (secondary N) is 1. The summed E-state index contributed by atoms with van der Waals surface area (Å²) in [6.07, 6.45) is 8.69. The number of hydrogen-bond acceptors (Lipinski definition) is 5. The van der Waals surface area contributed by atoms with Crippen LogP contribution < -0.4 is 25.4 Å². The number of ether oxygens (including phenoxy) is 1. The highest BCUT2D eigenvalue weighted by atomic mass is 35.5. The first-order valence-electron chi connectivity index (χ1n) is 18.6. The quantitative estimate of drug-likeness (QED) is 0.215. The molecule has 4 aliphatic rings. The number of carbonyl (C=O) groups excluding carboxylic acids is 2. The molecular weight excluding hydrogens is 679 g/mol. The number of hydrogen-bond donors (Lipinski definition) is 1. The van der Waals surface area contributed by atoms with Crippen LogP contribution in [0.3, 0.4) is 0 Å². The van der Waals surface area contributed by atoms with Gasteiger partial charge in [0.25, 0.3) is 0 Å². The monoisotopic (exact) mass is 729 g/mol. The summed E-state index contributed by atoms with van der Waals surface area (Å²) in [5, 5.41) is 6.86. The molecule has 3 aliphatic heterocycles. The van der Waals surface area contributed by atoms with Gasteiger partial charge >= 0.3 is 5.97 Å². The Morgan fingerprint density at radius 3 is 2.63 bits per heavy atom. The molecule has 1 N–H and O–H groups in total. The Morgan fingerprint density at radius 2 is 1.86 bits per heavy atom. The third-order valence-electron chi connectivity index (χ3n) is 12.1. The van der Waals surface area contributed by atoms with Crippen LogP contribution >= 0.6 is 23.2 Å². The van der Waals surface area contributed by atoms with E-state index < -0.39 is 0 Å². The number of rotatable bonds is 10. The zero-order valence-electron chi connectivity index (χ0n) is 30.6. The fourth-order valence-corrected chi connectivity index (χ4v) is 9.78. The first kappa shape index (κ1) is 36.0. The zero-order valence-corrected chi connectivity index (χ0v) is 32.1. The van der Waals surface area contributed by atoms with Gasteiger partial charge in [-0.2, -0.15) is 0 Å². The topological polar surface area (TPSA) is 64.9 Å². The number of anilines is 1. The predicted octanol–water partition coefficient (Wildman–Crippen LogP) is 5.67. The summed E-state index contributed by atoms with van der Waals surface area (Å²) in [4.78, 5) is 30.8. The standard InChI is InChI=1S/C42H50Cl2N4O3/c1-42(2)33-24-30(46(3)4)12-10-27(33)20-29-21-28-8-6-17-47(38(28)25-34(29)42)18-7-9-39(49)45-16-19-48-31-13-15-37(48)40(41(50)51-5)32(23-31)26-11-14-35(43)36(44)22-26/h10-12,14,20-22,24-25,31-32,37,40H,6-9,13,15-19,23H2,1-5H3/p+1. The van der Waals surface area contributed by atoms with Crippen LogP contribution in [0.25, 0.3) is 6.08 Å². The lowest BCUT2D eigenvalue weighted by Gasteiger charge is -2.43. The molecule has 7 rings (SSSR count). The van der Waals surface area contributed by atoms with Gasteiger partial charge in [-0.25, -0.2) is 4.58 Å². The third kappa shape index (κ3) is 6.94. The van der Waals surface area contributed by atoms with Gasteiger partial charge < -0.3 is 15.0 Å². The number of aryl methyl sites for hydroxylation is 1. The first-order chi connectivity index (χ1) is 24.5. The number of amides is 1. The van der Waals surface area contributed by atoms with E-state index in [1.165, 1.54) is 45.6 Å². The van der Waals surface area contributed by atoms with Crippen LogP contribution in [-0.4, -0.2) is 76.2 Å². The van der Waals surface area contributed by atoms with Gasteiger partial charge in [0, 0.05) is 87.2 Å². The molecule has 3 aromatic rings. The van der Waals surface area contributed by atoms with Gasteiger partial charge in [-0.3, -0.25) is 14.5 Å². The molecule has 0 radical (unpaired) electrons. The van der Waals surface area contributed by atoms with Gasteiger partial charge in [-0.15, -0.1) is 0 Å². The Kier molecular flexibility index (Phi) is 10.3. The fraction of sp³-hybridized carbons (Fsp3) is 0.500. The third-order valence-corrected chi connectivity index (χ3v) is 12.8. The highest BCUT2D eigenvalue weighted by molar-refractivity contribution is 6.42. The summed E-state index contributed by atoms with van der Waals surface area (Å²) in [5.74, 6) is -0.357. The van der Waals surface area contributed by atoms with E-state index in [0.29, 0.717) is 29.1 Å². The summed E-state index contributed by atoms with van der Waals surface area (Å²) in [6, 6.07) is 17.8. The number of benzene rings is 3. The van der Waals surface area contributed by atoms with E-state index in [2.05, 4.69) is 84.0 Å². The van der Waals surface area contributed by atoms with Gasteiger partial charge in [0.15, 0.2) is 0 Å². The molecule has 1 aliphatic carbocycles. The van der Waals surface area contributed by atoms with Gasteiger partial charge in [0.1, 0.15) is 13.1 Å². The molecule has 0 saturated carbocycles. The van der Waals surface area contributed by atoms with Gasteiger partial charge in [0.2, 0.25) is 11.3 Å². The number of halogens is 2. The Hall–Kier alpha value is -3.39. The normalized spacial score (nSPS) is 23.1. The van der Waals surface area contributed by atoms with E-state index in [4.69, 9.17) is 27.9 Å². The lowest BCUT2D eigenvalue weighted by atomic mass is 9.71. The number of fused-ring (bicyclic) bond motifs is 5. The van der Waals surface area contributed by atoms with E-state index in [9.17, 15) is 9.59 Å². The minimum Gasteiger partial charge on any atom is -0.469 e. The molecule has 270 valence electrons. The molecule has 0 aromatic heterocycles. The molecule has 0 spiro atoms. The molecule has 51 heavy (non-hydrogen) atoms. The van der Waals surface area contributed by atoms with Crippen LogP contribution in [0.4, 0.5) is 5.69 Å². The van der Waals surface area contributed by atoms with Crippen LogP contribution in [-0.2, 0) is 26.2 Å². The van der Waals surface area contributed by atoms with E-state index in [1.54, 1.807) is 0 Å². The lowest BCUT2D eigenvalue weighted by molar-refractivity contribution is -0.150. The molecular formula is C42H51Cl2N4O3+. The molecule has 4 atom stereocenters. The van der Waals surface area contributed by atoms with Crippen molar-refractivity contribution in [2.45, 2.75) is 82.2 Å². The molecule has 3 aromatic carbocycles. The first-order valence-corrected chi connectivity index (χ1v) is 19.4. The molecule has 2 fully saturated rings. The summed E-state index contributed by atoms with van der Waals surface area (Å²) in [7, 11) is 5.66. The lowest BCUT2D eigenvalue weighted by Crippen LogP contribution is -2.52. The van der Waals surface area contributed by atoms with Crippen molar-refractivity contribution in [2.75, 3.05) is 52.3 Å². The Balaban J connectivity index is 0.984. The molecule has 3 heterocycles. The number of esters is 1. The van der Waals surface area contributed by atoms with E-state index in [0.717, 1.165) is 63.7 Å². The van der Waals surface area contributed by atoms with Crippen molar-refractivity contribution < 1.29 is 14.3 Å². The summed E-state index contributed by atoms with van der Waals surface area (Å²) >= 11 is 12.6. The second-order valence-electron chi connectivity index (χ2n) is 15.6. The SMILES string of the molecule is COC(=O)C1C(c2ccc(Cl)c(Cl)c2)CC2CCC1N2CCNC(=O)CCC[N+]1=c2cc3c(cc2CCC1)=Cc1ccc(N(C)C)cc1C3(C)C. The van der Waals surface area contributed by atoms with Crippen molar-refractivity contribution in [2.24, 2.45) is 5.92 Å². The second kappa shape index (κ2) is 14.6. The minimum atomic E-state index is -0.284. The van der Waals surface area contributed by atoms with Crippen molar-refractivity contribution in [1.29, 1.82) is 0 Å². The highest BCUT2D eigenvalue weighted by Gasteiger charge is 2.50. The molecule has 9 heteroatoms. The molecule has 1 amide bonds. The molecule has 7 nitrogen and oxygen atoms in total. The van der Waals surface area contributed by atoms with Gasteiger partial charge in [-0.1, -0.05) is 49.2 Å². The number of piperidine rings is 1. The van der Waals surface area contributed by atoms with Gasteiger partial charge in [-0.05, 0) is 89.6 Å². The molecule has 4 unspecified atom stereocenters. The van der Waals surface area contributed by atoms with Crippen molar-refractivity contribution in [3.8, 4) is 0 Å². The Bertz CT molecular complexity index is 1970. The van der Waals surface area contributed by atoms with Crippen molar-refractivity contribution in [3.63, 3.8) is 0 Å². The van der Waals surface area contributed by atoms with E-state index >= 15 is 0 Å². The summed E-state index contributed by atoms with van der Waals surface area (Å²) in [6.45, 7) is 7.86. The average Bonchev–Trinajstić information content (AvgIpc) is 3.38. The smallest absolute Gasteiger partial charge is 0.310 e. The van der Waals surface area contributed by atoms with Crippen LogP contribution in [0.1, 0.15) is 86.1 Å².